The fourth-order valence-corrected chi connectivity index (χ4v) is 4.59. The maximum atomic E-state index is 12.8. The standard InChI is InChI=1S/C21H20Cl2N4O3S2/c1-11(2)17-26-15(10-32-17)16(28)25-14-6-4-3-5-13(14)12-7-8-21(23,30)20(22,9-12)18(31)27-19(24)29/h3-11,30H,1-2H3,(H,25,28)(H3,24,27,29,31). The number of benzene rings is 1. The predicted octanol–water partition coefficient (Wildman–Crippen LogP) is 4.37. The molecule has 0 fully saturated rings. The lowest BCUT2D eigenvalue weighted by Crippen LogP contribution is -2.56. The number of para-hydroxylation sites is 1. The van der Waals surface area contributed by atoms with E-state index in [0.29, 0.717) is 22.5 Å². The summed E-state index contributed by atoms with van der Waals surface area (Å²) < 4.78 is 0. The molecule has 1 aliphatic rings. The molecule has 1 aromatic carbocycles. The summed E-state index contributed by atoms with van der Waals surface area (Å²) in [7, 11) is 0. The Kier molecular flexibility index (Phi) is 7.06. The van der Waals surface area contributed by atoms with Crippen LogP contribution in [-0.4, -0.2) is 37.0 Å². The van der Waals surface area contributed by atoms with Gasteiger partial charge in [-0.05, 0) is 23.8 Å². The zero-order valence-corrected chi connectivity index (χ0v) is 20.2. The number of aliphatic hydroxyl groups is 1. The first kappa shape index (κ1) is 24.3. The van der Waals surface area contributed by atoms with E-state index in [-0.39, 0.29) is 16.8 Å². The number of rotatable bonds is 5. The molecule has 2 aromatic rings. The van der Waals surface area contributed by atoms with Gasteiger partial charge in [0, 0.05) is 22.5 Å². The van der Waals surface area contributed by atoms with Gasteiger partial charge >= 0.3 is 6.03 Å². The predicted molar refractivity (Wildman–Crippen MR) is 132 cm³/mol. The highest BCUT2D eigenvalue weighted by molar-refractivity contribution is 7.80. The molecule has 0 aliphatic heterocycles. The van der Waals surface area contributed by atoms with Crippen LogP contribution in [-0.2, 0) is 0 Å². The first-order chi connectivity index (χ1) is 14.9. The van der Waals surface area contributed by atoms with Crippen molar-refractivity contribution in [3.8, 4) is 0 Å². The number of urea groups is 1. The molecule has 0 saturated carbocycles. The number of hydrogen-bond acceptors (Lipinski definition) is 6. The Bertz CT molecular complexity index is 1140. The van der Waals surface area contributed by atoms with Crippen LogP contribution in [0.25, 0.3) is 5.57 Å². The van der Waals surface area contributed by atoms with Gasteiger partial charge in [0.15, 0.2) is 9.93 Å². The van der Waals surface area contributed by atoms with E-state index >= 15 is 0 Å². The number of nitrogens with zero attached hydrogens (tertiary/aromatic N) is 1. The first-order valence-electron chi connectivity index (χ1n) is 9.44. The summed E-state index contributed by atoms with van der Waals surface area (Å²) in [6.07, 6.45) is 4.20. The van der Waals surface area contributed by atoms with Crippen LogP contribution in [0.4, 0.5) is 10.5 Å². The second-order valence-electron chi connectivity index (χ2n) is 7.36. The summed E-state index contributed by atoms with van der Waals surface area (Å²) in [6.45, 7) is 4.01. The van der Waals surface area contributed by atoms with Gasteiger partial charge in [0.25, 0.3) is 5.91 Å². The zero-order chi connectivity index (χ0) is 23.7. The molecule has 1 heterocycles. The van der Waals surface area contributed by atoms with Gasteiger partial charge in [-0.1, -0.05) is 61.9 Å². The number of carbonyl (C=O) groups excluding carboxylic acids is 2. The van der Waals surface area contributed by atoms with Crippen LogP contribution in [0, 0.1) is 0 Å². The van der Waals surface area contributed by atoms with E-state index in [1.807, 2.05) is 13.8 Å². The van der Waals surface area contributed by atoms with Crippen LogP contribution in [0.15, 0.2) is 47.9 Å². The largest absolute Gasteiger partial charge is 0.369 e. The van der Waals surface area contributed by atoms with Gasteiger partial charge < -0.3 is 21.5 Å². The molecule has 168 valence electrons. The maximum Gasteiger partial charge on any atom is 0.317 e. The molecule has 0 bridgehead atoms. The van der Waals surface area contributed by atoms with Gasteiger partial charge in [-0.2, -0.15) is 0 Å². The molecule has 32 heavy (non-hydrogen) atoms. The van der Waals surface area contributed by atoms with Crippen LogP contribution in [0.5, 0.6) is 0 Å². The van der Waals surface area contributed by atoms with E-state index in [4.69, 9.17) is 41.2 Å². The molecular formula is C21H20Cl2N4O3S2. The monoisotopic (exact) mass is 510 g/mol. The number of thiazole rings is 1. The van der Waals surface area contributed by atoms with Crippen molar-refractivity contribution in [3.05, 3.63) is 64.1 Å². The molecule has 5 N–H and O–H groups in total. The lowest BCUT2D eigenvalue weighted by atomic mass is 9.88. The van der Waals surface area contributed by atoms with Gasteiger partial charge in [0.2, 0.25) is 0 Å². The van der Waals surface area contributed by atoms with Crippen molar-refractivity contribution >= 4 is 74.9 Å². The van der Waals surface area contributed by atoms with E-state index < -0.39 is 16.0 Å². The van der Waals surface area contributed by atoms with Crippen LogP contribution < -0.4 is 16.4 Å². The summed E-state index contributed by atoms with van der Waals surface area (Å²) in [5.74, 6) is -0.145. The number of nitrogens with two attached hydrogens (primary N) is 1. The zero-order valence-electron chi connectivity index (χ0n) is 17.1. The summed E-state index contributed by atoms with van der Waals surface area (Å²) >= 11 is 19.3. The summed E-state index contributed by atoms with van der Waals surface area (Å²) in [5, 5.41) is 16.1. The van der Waals surface area contributed by atoms with Crippen molar-refractivity contribution in [2.45, 2.75) is 29.7 Å². The third kappa shape index (κ3) is 4.87. The number of hydrogen-bond donors (Lipinski definition) is 4. The van der Waals surface area contributed by atoms with Crippen molar-refractivity contribution in [1.29, 1.82) is 0 Å². The molecule has 0 radical (unpaired) electrons. The fourth-order valence-electron chi connectivity index (χ4n) is 2.97. The Hall–Kier alpha value is -2.30. The van der Waals surface area contributed by atoms with E-state index in [2.05, 4.69) is 15.6 Å². The molecule has 0 spiro atoms. The highest BCUT2D eigenvalue weighted by atomic mass is 35.5. The van der Waals surface area contributed by atoms with Gasteiger partial charge in [-0.15, -0.1) is 22.9 Å². The summed E-state index contributed by atoms with van der Waals surface area (Å²) in [5.41, 5.74) is 7.04. The van der Waals surface area contributed by atoms with Crippen molar-refractivity contribution in [1.82, 2.24) is 10.3 Å². The Labute approximate surface area is 204 Å². The van der Waals surface area contributed by atoms with Crippen LogP contribution >= 0.6 is 46.8 Å². The highest BCUT2D eigenvalue weighted by Crippen LogP contribution is 2.43. The second kappa shape index (κ2) is 9.29. The van der Waals surface area contributed by atoms with Gasteiger partial charge in [-0.3, -0.25) is 4.79 Å². The number of halogens is 2. The molecule has 1 aliphatic carbocycles. The quantitative estimate of drug-likeness (QED) is 0.351. The number of thiocarbonyl (C=S) groups is 1. The number of primary amides is 1. The fraction of sp³-hybridized carbons (Fsp3) is 0.238. The van der Waals surface area contributed by atoms with Crippen LogP contribution in [0.3, 0.4) is 0 Å². The number of aromatic nitrogens is 1. The minimum atomic E-state index is -2.12. The average Bonchev–Trinajstić information content (AvgIpc) is 3.21. The van der Waals surface area contributed by atoms with E-state index in [0.717, 1.165) is 5.01 Å². The Balaban J connectivity index is 1.96. The number of alkyl halides is 2. The first-order valence-corrected chi connectivity index (χ1v) is 11.5. The van der Waals surface area contributed by atoms with Gasteiger partial charge in [0.1, 0.15) is 10.7 Å². The van der Waals surface area contributed by atoms with Crippen molar-refractivity contribution in [3.63, 3.8) is 0 Å². The Morgan fingerprint density at radius 3 is 2.59 bits per heavy atom. The number of carbonyl (C=O) groups is 2. The molecule has 1 aromatic heterocycles. The topological polar surface area (TPSA) is 117 Å². The number of anilines is 1. The summed E-state index contributed by atoms with van der Waals surface area (Å²) in [6, 6.07) is 6.07. The molecule has 2 atom stereocenters. The average molecular weight is 511 g/mol. The lowest BCUT2D eigenvalue weighted by molar-refractivity contribution is 0.102. The van der Waals surface area contributed by atoms with E-state index in [1.165, 1.54) is 23.5 Å². The third-order valence-electron chi connectivity index (χ3n) is 4.65. The van der Waals surface area contributed by atoms with E-state index in [1.54, 1.807) is 35.7 Å². The van der Waals surface area contributed by atoms with Crippen LogP contribution in [0.1, 0.15) is 40.8 Å². The molecule has 2 unspecified atom stereocenters. The van der Waals surface area contributed by atoms with Crippen molar-refractivity contribution in [2.24, 2.45) is 5.73 Å². The maximum absolute atomic E-state index is 12.8. The van der Waals surface area contributed by atoms with Gasteiger partial charge in [0.05, 0.1) is 5.01 Å². The number of amides is 3. The smallest absolute Gasteiger partial charge is 0.317 e. The van der Waals surface area contributed by atoms with Crippen molar-refractivity contribution < 1.29 is 14.7 Å². The Morgan fingerprint density at radius 2 is 1.97 bits per heavy atom. The van der Waals surface area contributed by atoms with E-state index in [9.17, 15) is 14.7 Å². The third-order valence-corrected chi connectivity index (χ3v) is 7.44. The Morgan fingerprint density at radius 1 is 1.28 bits per heavy atom. The highest BCUT2D eigenvalue weighted by Gasteiger charge is 2.51. The minimum Gasteiger partial charge on any atom is -0.369 e. The van der Waals surface area contributed by atoms with Gasteiger partial charge in [-0.25, -0.2) is 9.78 Å². The molecule has 11 heteroatoms. The lowest BCUT2D eigenvalue weighted by Gasteiger charge is -2.37. The molecule has 3 amide bonds. The van der Waals surface area contributed by atoms with Crippen LogP contribution in [0.2, 0.25) is 0 Å². The molecule has 0 saturated heterocycles. The minimum absolute atomic E-state index is 0.218. The molecule has 7 nitrogen and oxygen atoms in total. The SMILES string of the molecule is CC(C)c1nc(C(=O)Nc2ccccc2C2=CC(Cl)(C(=S)NC(N)=O)C(O)(Cl)C=C2)cs1. The summed E-state index contributed by atoms with van der Waals surface area (Å²) in [4.78, 5) is 26.3. The van der Waals surface area contributed by atoms with Crippen molar-refractivity contribution in [2.75, 3.05) is 5.32 Å². The normalized spacial score (nSPS) is 22.4. The second-order valence-corrected chi connectivity index (χ2v) is 9.83. The molecule has 3 rings (SSSR count). The number of nitrogens with one attached hydrogen (secondary N) is 2. The number of allylic oxidation sites excluding steroid dienone is 2. The molecular weight excluding hydrogens is 491 g/mol.